The number of aryl methyl sites for hydroxylation is 1. The molecular formula is C24H17ClFNO3. The molecule has 6 heteroatoms. The van der Waals surface area contributed by atoms with E-state index in [1.165, 1.54) is 29.2 Å². The number of aliphatic hydroxyl groups excluding tert-OH is 1. The molecule has 1 aliphatic rings. The lowest BCUT2D eigenvalue weighted by Crippen LogP contribution is -2.29. The summed E-state index contributed by atoms with van der Waals surface area (Å²) >= 11 is 6.01. The van der Waals surface area contributed by atoms with Gasteiger partial charge in [0.05, 0.1) is 11.6 Å². The first kappa shape index (κ1) is 19.9. The lowest BCUT2D eigenvalue weighted by Gasteiger charge is -2.25. The Kier molecular flexibility index (Phi) is 5.14. The van der Waals surface area contributed by atoms with Crippen LogP contribution in [0.25, 0.3) is 5.76 Å². The minimum Gasteiger partial charge on any atom is -0.507 e. The Bertz CT molecular complexity index is 1150. The number of carbonyl (C=O) groups excluding carboxylic acids is 2. The number of anilines is 1. The van der Waals surface area contributed by atoms with Gasteiger partial charge in [0.2, 0.25) is 0 Å². The Morgan fingerprint density at radius 2 is 1.53 bits per heavy atom. The third-order valence-corrected chi connectivity index (χ3v) is 5.31. The number of ketones is 1. The highest BCUT2D eigenvalue weighted by atomic mass is 35.5. The van der Waals surface area contributed by atoms with Crippen LogP contribution in [0.5, 0.6) is 0 Å². The molecule has 1 amide bonds. The number of rotatable bonds is 3. The lowest BCUT2D eigenvalue weighted by atomic mass is 9.95. The number of hydrogen-bond acceptors (Lipinski definition) is 3. The summed E-state index contributed by atoms with van der Waals surface area (Å²) in [6, 6.07) is 18.1. The second kappa shape index (κ2) is 7.76. The summed E-state index contributed by atoms with van der Waals surface area (Å²) < 4.78 is 13.4. The van der Waals surface area contributed by atoms with Crippen molar-refractivity contribution in [3.63, 3.8) is 0 Å². The minimum absolute atomic E-state index is 0.0319. The van der Waals surface area contributed by atoms with E-state index >= 15 is 0 Å². The van der Waals surface area contributed by atoms with E-state index in [2.05, 4.69) is 0 Å². The average Bonchev–Trinajstić information content (AvgIpc) is 3.00. The van der Waals surface area contributed by atoms with Gasteiger partial charge in [-0.2, -0.15) is 0 Å². The molecule has 1 N–H and O–H groups in total. The first-order valence-electron chi connectivity index (χ1n) is 9.26. The van der Waals surface area contributed by atoms with Crippen LogP contribution in [0, 0.1) is 12.7 Å². The van der Waals surface area contributed by atoms with Gasteiger partial charge in [-0.3, -0.25) is 14.5 Å². The van der Waals surface area contributed by atoms with E-state index in [4.69, 9.17) is 11.6 Å². The molecule has 1 heterocycles. The van der Waals surface area contributed by atoms with Crippen LogP contribution >= 0.6 is 11.6 Å². The lowest BCUT2D eigenvalue weighted by molar-refractivity contribution is -0.132. The van der Waals surface area contributed by atoms with Crippen molar-refractivity contribution in [2.75, 3.05) is 4.90 Å². The Hall–Kier alpha value is -3.44. The molecule has 30 heavy (non-hydrogen) atoms. The van der Waals surface area contributed by atoms with Crippen LogP contribution in [0.1, 0.15) is 22.7 Å². The van der Waals surface area contributed by atoms with Crippen molar-refractivity contribution >= 4 is 34.7 Å². The van der Waals surface area contributed by atoms with Crippen LogP contribution in [-0.4, -0.2) is 16.8 Å². The van der Waals surface area contributed by atoms with Gasteiger partial charge in [-0.25, -0.2) is 4.39 Å². The van der Waals surface area contributed by atoms with E-state index in [1.54, 1.807) is 36.4 Å². The second-order valence-corrected chi connectivity index (χ2v) is 7.50. The predicted molar refractivity (Wildman–Crippen MR) is 114 cm³/mol. The molecule has 3 aromatic rings. The van der Waals surface area contributed by atoms with E-state index in [9.17, 15) is 19.1 Å². The van der Waals surface area contributed by atoms with Crippen molar-refractivity contribution in [2.45, 2.75) is 13.0 Å². The quantitative estimate of drug-likeness (QED) is 0.349. The summed E-state index contributed by atoms with van der Waals surface area (Å²) in [5.74, 6) is -2.33. The van der Waals surface area contributed by atoms with Gasteiger partial charge in [-0.1, -0.05) is 53.6 Å². The molecule has 0 bridgehead atoms. The number of carbonyl (C=O) groups is 2. The van der Waals surface area contributed by atoms with Crippen molar-refractivity contribution in [2.24, 2.45) is 0 Å². The van der Waals surface area contributed by atoms with Gasteiger partial charge in [0.1, 0.15) is 11.6 Å². The van der Waals surface area contributed by atoms with Crippen LogP contribution in [0.2, 0.25) is 5.02 Å². The molecule has 1 fully saturated rings. The monoisotopic (exact) mass is 421 g/mol. The highest BCUT2D eigenvalue weighted by Gasteiger charge is 2.46. The van der Waals surface area contributed by atoms with Gasteiger partial charge < -0.3 is 5.11 Å². The maximum Gasteiger partial charge on any atom is 0.300 e. The van der Waals surface area contributed by atoms with E-state index < -0.39 is 23.5 Å². The molecule has 4 rings (SSSR count). The third kappa shape index (κ3) is 3.48. The molecule has 0 radical (unpaired) electrons. The number of Topliss-reactive ketones (excluding diaryl/α,β-unsaturated/α-hetero) is 1. The number of hydrogen-bond donors (Lipinski definition) is 1. The summed E-state index contributed by atoms with van der Waals surface area (Å²) in [5.41, 5.74) is 2.33. The fourth-order valence-electron chi connectivity index (χ4n) is 3.53. The molecule has 150 valence electrons. The SMILES string of the molecule is Cc1ccc(C(O)=C2C(=O)C(=O)N(c3ccc(F)cc3)C2c2ccc(Cl)cc2)cc1. The first-order valence-corrected chi connectivity index (χ1v) is 9.63. The zero-order valence-electron chi connectivity index (χ0n) is 16.0. The van der Waals surface area contributed by atoms with E-state index in [0.717, 1.165) is 5.56 Å². The zero-order chi connectivity index (χ0) is 21.4. The Morgan fingerprint density at radius 3 is 2.13 bits per heavy atom. The van der Waals surface area contributed by atoms with Crippen molar-refractivity contribution in [3.8, 4) is 0 Å². The fourth-order valence-corrected chi connectivity index (χ4v) is 3.65. The molecule has 1 aliphatic heterocycles. The molecule has 4 nitrogen and oxygen atoms in total. The van der Waals surface area contributed by atoms with E-state index in [-0.39, 0.29) is 11.3 Å². The highest BCUT2D eigenvalue weighted by molar-refractivity contribution is 6.51. The van der Waals surface area contributed by atoms with Gasteiger partial charge in [0.25, 0.3) is 11.7 Å². The molecule has 1 unspecified atom stereocenters. The maximum atomic E-state index is 13.4. The smallest absolute Gasteiger partial charge is 0.300 e. The van der Waals surface area contributed by atoms with Gasteiger partial charge >= 0.3 is 0 Å². The van der Waals surface area contributed by atoms with Crippen molar-refractivity contribution in [3.05, 3.63) is 106 Å². The van der Waals surface area contributed by atoms with Crippen molar-refractivity contribution in [1.82, 2.24) is 0 Å². The average molecular weight is 422 g/mol. The molecule has 1 saturated heterocycles. The Labute approximate surface area is 177 Å². The highest BCUT2D eigenvalue weighted by Crippen LogP contribution is 2.42. The molecule has 1 atom stereocenters. The van der Waals surface area contributed by atoms with Crippen LogP contribution in [0.4, 0.5) is 10.1 Å². The molecule has 0 saturated carbocycles. The summed E-state index contributed by atoms with van der Waals surface area (Å²) in [6.45, 7) is 1.91. The molecule has 0 aliphatic carbocycles. The number of halogens is 2. The zero-order valence-corrected chi connectivity index (χ0v) is 16.7. The minimum atomic E-state index is -0.881. The van der Waals surface area contributed by atoms with Crippen molar-refractivity contribution < 1.29 is 19.1 Å². The third-order valence-electron chi connectivity index (χ3n) is 5.06. The van der Waals surface area contributed by atoms with Gasteiger partial charge in [-0.05, 0) is 48.9 Å². The fraction of sp³-hybridized carbons (Fsp3) is 0.0833. The largest absolute Gasteiger partial charge is 0.507 e. The first-order chi connectivity index (χ1) is 14.4. The molecule has 0 spiro atoms. The summed E-state index contributed by atoms with van der Waals surface area (Å²) in [6.07, 6.45) is 0. The Morgan fingerprint density at radius 1 is 0.933 bits per heavy atom. The van der Waals surface area contributed by atoms with E-state index in [0.29, 0.717) is 21.8 Å². The second-order valence-electron chi connectivity index (χ2n) is 7.06. The van der Waals surface area contributed by atoms with Crippen LogP contribution in [0.15, 0.2) is 78.4 Å². The number of nitrogens with zero attached hydrogens (tertiary/aromatic N) is 1. The Balaban J connectivity index is 1.93. The molecule has 3 aromatic carbocycles. The maximum absolute atomic E-state index is 13.4. The summed E-state index contributed by atoms with van der Waals surface area (Å²) in [5, 5.41) is 11.5. The summed E-state index contributed by atoms with van der Waals surface area (Å²) in [7, 11) is 0. The summed E-state index contributed by atoms with van der Waals surface area (Å²) in [4.78, 5) is 27.2. The van der Waals surface area contributed by atoms with Crippen LogP contribution in [-0.2, 0) is 9.59 Å². The van der Waals surface area contributed by atoms with Gasteiger partial charge in [0, 0.05) is 16.3 Å². The topological polar surface area (TPSA) is 57.6 Å². The van der Waals surface area contributed by atoms with E-state index in [1.807, 2.05) is 19.1 Å². The van der Waals surface area contributed by atoms with Crippen LogP contribution in [0.3, 0.4) is 0 Å². The van der Waals surface area contributed by atoms with Crippen molar-refractivity contribution in [1.29, 1.82) is 0 Å². The standard InChI is InChI=1S/C24H17ClFNO3/c1-14-2-4-16(5-3-14)22(28)20-21(15-6-8-17(25)9-7-15)27(24(30)23(20)29)19-12-10-18(26)11-13-19/h2-13,21,28H,1H3. The number of aliphatic hydroxyl groups is 1. The normalized spacial score (nSPS) is 18.1. The van der Waals surface area contributed by atoms with Gasteiger partial charge in [-0.15, -0.1) is 0 Å². The number of benzene rings is 3. The molecular weight excluding hydrogens is 405 g/mol. The van der Waals surface area contributed by atoms with Gasteiger partial charge in [0.15, 0.2) is 0 Å². The predicted octanol–water partition coefficient (Wildman–Crippen LogP) is 5.41. The molecule has 0 aromatic heterocycles. The number of amides is 1. The van der Waals surface area contributed by atoms with Crippen LogP contribution < -0.4 is 4.90 Å².